The van der Waals surface area contributed by atoms with E-state index >= 15 is 0 Å². The van der Waals surface area contributed by atoms with Crippen LogP contribution in [0.2, 0.25) is 0 Å². The average molecular weight is 483 g/mol. The Bertz CT molecular complexity index is 1140. The molecular formula is C27H34N2O6. The van der Waals surface area contributed by atoms with E-state index in [2.05, 4.69) is 6.92 Å². The summed E-state index contributed by atoms with van der Waals surface area (Å²) in [6.45, 7) is 8.92. The molecule has 3 unspecified atom stereocenters. The quantitative estimate of drug-likeness (QED) is 0.523. The minimum Gasteiger partial charge on any atom is -0.497 e. The van der Waals surface area contributed by atoms with Crippen molar-refractivity contribution in [3.05, 3.63) is 46.9 Å². The van der Waals surface area contributed by atoms with Crippen LogP contribution < -0.4 is 4.74 Å². The molecule has 0 aliphatic carbocycles. The van der Waals surface area contributed by atoms with E-state index in [4.69, 9.17) is 23.9 Å². The van der Waals surface area contributed by atoms with E-state index < -0.39 is 6.29 Å². The second kappa shape index (κ2) is 10.6. The van der Waals surface area contributed by atoms with Crippen LogP contribution in [0.5, 0.6) is 5.75 Å². The molecule has 35 heavy (non-hydrogen) atoms. The predicted octanol–water partition coefficient (Wildman–Crippen LogP) is 4.13. The average Bonchev–Trinajstić information content (AvgIpc) is 3.29. The Morgan fingerprint density at radius 2 is 2.00 bits per heavy atom. The summed E-state index contributed by atoms with van der Waals surface area (Å²) in [6, 6.07) is 5.88. The third-order valence-corrected chi connectivity index (χ3v) is 6.94. The van der Waals surface area contributed by atoms with Gasteiger partial charge in [-0.1, -0.05) is 13.8 Å². The minimum absolute atomic E-state index is 0.109. The number of methoxy groups -OCH3 is 1. The zero-order valence-corrected chi connectivity index (χ0v) is 21.1. The topological polar surface area (TPSA) is 87.2 Å². The number of nitrogens with zero attached hydrogens (tertiary/aromatic N) is 2. The van der Waals surface area contributed by atoms with Crippen LogP contribution in [0.1, 0.15) is 50.9 Å². The first-order chi connectivity index (χ1) is 16.9. The largest absolute Gasteiger partial charge is 0.497 e. The number of ether oxygens (including phenoxy) is 4. The summed E-state index contributed by atoms with van der Waals surface area (Å²) in [6.07, 6.45) is 2.56. The Morgan fingerprint density at radius 3 is 2.66 bits per heavy atom. The monoisotopic (exact) mass is 482 g/mol. The summed E-state index contributed by atoms with van der Waals surface area (Å²) in [4.78, 5) is 32.1. The molecule has 0 N–H and O–H groups in total. The van der Waals surface area contributed by atoms with Crippen molar-refractivity contribution in [1.29, 1.82) is 0 Å². The molecule has 4 rings (SSSR count). The molecule has 3 heterocycles. The number of amides is 1. The number of hydrogen-bond donors (Lipinski definition) is 0. The lowest BCUT2D eigenvalue weighted by molar-refractivity contribution is -0.169. The summed E-state index contributed by atoms with van der Waals surface area (Å²) in [5.41, 5.74) is 4.60. The number of pyridine rings is 1. The molecular weight excluding hydrogens is 448 g/mol. The maximum Gasteiger partial charge on any atom is 0.302 e. The molecule has 1 aromatic carbocycles. The smallest absolute Gasteiger partial charge is 0.302 e. The number of hydrogen-bond acceptors (Lipinski definition) is 7. The highest BCUT2D eigenvalue weighted by atomic mass is 16.7. The van der Waals surface area contributed by atoms with Crippen molar-refractivity contribution in [3.8, 4) is 5.75 Å². The second-order valence-electron chi connectivity index (χ2n) is 8.93. The molecule has 1 amide bonds. The van der Waals surface area contributed by atoms with Gasteiger partial charge in [-0.05, 0) is 49.1 Å². The van der Waals surface area contributed by atoms with E-state index in [0.717, 1.165) is 40.8 Å². The van der Waals surface area contributed by atoms with Crippen LogP contribution in [0.4, 0.5) is 0 Å². The number of aromatic nitrogens is 1. The van der Waals surface area contributed by atoms with Crippen LogP contribution in [0.3, 0.4) is 0 Å². The van der Waals surface area contributed by atoms with Crippen molar-refractivity contribution in [2.75, 3.05) is 20.3 Å². The zero-order chi connectivity index (χ0) is 25.1. The van der Waals surface area contributed by atoms with E-state index in [1.807, 2.05) is 32.0 Å². The van der Waals surface area contributed by atoms with Gasteiger partial charge in [0.15, 0.2) is 0 Å². The predicted molar refractivity (Wildman–Crippen MR) is 130 cm³/mol. The van der Waals surface area contributed by atoms with Gasteiger partial charge in [-0.25, -0.2) is 0 Å². The van der Waals surface area contributed by atoms with Gasteiger partial charge in [0.25, 0.3) is 5.91 Å². The van der Waals surface area contributed by atoms with E-state index in [1.165, 1.54) is 18.7 Å². The fourth-order valence-corrected chi connectivity index (χ4v) is 5.19. The van der Waals surface area contributed by atoms with Crippen LogP contribution >= 0.6 is 0 Å². The van der Waals surface area contributed by atoms with Gasteiger partial charge < -0.3 is 23.8 Å². The van der Waals surface area contributed by atoms with E-state index in [0.29, 0.717) is 25.3 Å². The molecule has 1 aromatic heterocycles. The first kappa shape index (κ1) is 25.0. The van der Waals surface area contributed by atoms with Gasteiger partial charge in [-0.2, -0.15) is 0 Å². The normalized spacial score (nSPS) is 21.3. The molecule has 0 radical (unpaired) electrons. The van der Waals surface area contributed by atoms with Crippen LogP contribution in [0.15, 0.2) is 30.0 Å². The Hall–Kier alpha value is -3.13. The van der Waals surface area contributed by atoms with Gasteiger partial charge in [0, 0.05) is 37.3 Å². The number of esters is 1. The highest BCUT2D eigenvalue weighted by Crippen LogP contribution is 2.38. The highest BCUT2D eigenvalue weighted by molar-refractivity contribution is 5.95. The van der Waals surface area contributed by atoms with Crippen LogP contribution in [0.25, 0.3) is 10.9 Å². The third kappa shape index (κ3) is 4.85. The lowest BCUT2D eigenvalue weighted by Gasteiger charge is -2.37. The maximum absolute atomic E-state index is 13.8. The van der Waals surface area contributed by atoms with Crippen molar-refractivity contribution in [2.45, 2.75) is 59.9 Å². The van der Waals surface area contributed by atoms with Crippen molar-refractivity contribution in [2.24, 2.45) is 11.8 Å². The van der Waals surface area contributed by atoms with Gasteiger partial charge in [-0.15, -0.1) is 0 Å². The number of benzene rings is 1. The number of carbonyl (C=O) groups excluding carboxylic acids is 2. The highest BCUT2D eigenvalue weighted by Gasteiger charge is 2.42. The Morgan fingerprint density at radius 1 is 1.20 bits per heavy atom. The third-order valence-electron chi connectivity index (χ3n) is 6.94. The molecule has 0 spiro atoms. The number of carbonyl (C=O) groups is 2. The maximum atomic E-state index is 13.8. The molecule has 188 valence electrons. The molecule has 3 atom stereocenters. The van der Waals surface area contributed by atoms with Crippen molar-refractivity contribution < 1.29 is 28.5 Å². The molecule has 0 fully saturated rings. The molecule has 2 aromatic rings. The van der Waals surface area contributed by atoms with Gasteiger partial charge in [0.1, 0.15) is 5.75 Å². The number of aryl methyl sites for hydroxylation is 1. The molecule has 0 bridgehead atoms. The van der Waals surface area contributed by atoms with Crippen molar-refractivity contribution >= 4 is 22.8 Å². The van der Waals surface area contributed by atoms with Gasteiger partial charge >= 0.3 is 5.97 Å². The SMILES string of the molecule is CCOC1OC=C(C(=O)N2Cc3nc4ccc(OC)cc4c(CC)c3C2)C(COC(C)=O)C1CC. The lowest BCUT2D eigenvalue weighted by Crippen LogP contribution is -2.42. The van der Waals surface area contributed by atoms with Gasteiger partial charge in [0.2, 0.25) is 6.29 Å². The van der Waals surface area contributed by atoms with Gasteiger partial charge in [0.05, 0.1) is 43.3 Å². The Balaban J connectivity index is 1.65. The first-order valence-corrected chi connectivity index (χ1v) is 12.3. The molecule has 2 aliphatic rings. The first-order valence-electron chi connectivity index (χ1n) is 12.3. The van der Waals surface area contributed by atoms with Gasteiger partial charge in [-0.3, -0.25) is 14.6 Å². The van der Waals surface area contributed by atoms with Crippen LogP contribution in [-0.2, 0) is 43.3 Å². The summed E-state index contributed by atoms with van der Waals surface area (Å²) >= 11 is 0. The molecule has 0 saturated carbocycles. The minimum atomic E-state index is -0.480. The Labute approximate surface area is 206 Å². The molecule has 8 nitrogen and oxygen atoms in total. The molecule has 0 saturated heterocycles. The zero-order valence-electron chi connectivity index (χ0n) is 21.1. The van der Waals surface area contributed by atoms with E-state index in [1.54, 1.807) is 12.0 Å². The van der Waals surface area contributed by atoms with Crippen molar-refractivity contribution in [3.63, 3.8) is 0 Å². The molecule has 8 heteroatoms. The fourth-order valence-electron chi connectivity index (χ4n) is 5.19. The summed E-state index contributed by atoms with van der Waals surface area (Å²) in [7, 11) is 1.65. The number of fused-ring (bicyclic) bond motifs is 2. The van der Waals surface area contributed by atoms with Crippen LogP contribution in [0, 0.1) is 11.8 Å². The summed E-state index contributed by atoms with van der Waals surface area (Å²) in [5.74, 6) is -0.141. The lowest BCUT2D eigenvalue weighted by atomic mass is 9.82. The molecule has 2 aliphatic heterocycles. The summed E-state index contributed by atoms with van der Waals surface area (Å²) < 4.78 is 22.4. The number of rotatable bonds is 8. The summed E-state index contributed by atoms with van der Waals surface area (Å²) in [5, 5.41) is 1.05. The standard InChI is InChI=1S/C27H34N2O6/c1-6-18-20-11-17(32-5)9-10-24(20)28-25-13-29(12-21(18)25)26(31)23-15-35-27(33-8-3)19(7-2)22(23)14-34-16(4)30/h9-11,15,19,22,27H,6-8,12-14H2,1-5H3. The second-order valence-corrected chi connectivity index (χ2v) is 8.93. The fraction of sp³-hybridized carbons (Fsp3) is 0.519. The van der Waals surface area contributed by atoms with Crippen molar-refractivity contribution in [1.82, 2.24) is 9.88 Å². The van der Waals surface area contributed by atoms with E-state index in [-0.39, 0.29) is 30.3 Å². The van der Waals surface area contributed by atoms with Crippen LogP contribution in [-0.4, -0.2) is 48.4 Å². The Kier molecular flexibility index (Phi) is 7.60. The van der Waals surface area contributed by atoms with E-state index in [9.17, 15) is 9.59 Å².